The second-order valence-electron chi connectivity index (χ2n) is 5.49. The molecule has 1 heterocycles. The lowest BCUT2D eigenvalue weighted by Crippen LogP contribution is -2.02. The predicted molar refractivity (Wildman–Crippen MR) is 87.7 cm³/mol. The molecule has 0 atom stereocenters. The first-order valence-electron chi connectivity index (χ1n) is 8.06. The van der Waals surface area contributed by atoms with Crippen LogP contribution in [0.25, 0.3) is 10.9 Å². The van der Waals surface area contributed by atoms with E-state index in [0.717, 1.165) is 60.9 Å². The number of nitrogens with zero attached hydrogens (tertiary/aromatic N) is 2. The number of hydrogen-bond donors (Lipinski definition) is 0. The predicted octanol–water partition coefficient (Wildman–Crippen LogP) is 3.86. The summed E-state index contributed by atoms with van der Waals surface area (Å²) in [5.74, 6) is 0.809. The molecule has 4 heteroatoms. The Morgan fingerprint density at radius 1 is 1.09 bits per heavy atom. The van der Waals surface area contributed by atoms with Crippen LogP contribution in [0.4, 0.5) is 0 Å². The van der Waals surface area contributed by atoms with Crippen molar-refractivity contribution in [3.05, 3.63) is 35.8 Å². The van der Waals surface area contributed by atoms with Crippen molar-refractivity contribution < 1.29 is 9.53 Å². The number of esters is 1. The standard InChI is InChI=1S/C18H24N2O2/c1-3-9-17-19-15(11-5-4-6-13-18(21)22-2)14-10-7-8-12-16(14)20-17/h7-8,10,12H,3-6,9,11,13H2,1-2H3. The van der Waals surface area contributed by atoms with Crippen LogP contribution < -0.4 is 0 Å². The average molecular weight is 300 g/mol. The Morgan fingerprint density at radius 2 is 1.91 bits per heavy atom. The largest absolute Gasteiger partial charge is 0.469 e. The average Bonchev–Trinajstić information content (AvgIpc) is 2.54. The summed E-state index contributed by atoms with van der Waals surface area (Å²) >= 11 is 0. The molecule has 0 aliphatic heterocycles. The fraction of sp³-hybridized carbons (Fsp3) is 0.500. The number of carbonyl (C=O) groups is 1. The maximum atomic E-state index is 11.1. The Bertz CT molecular complexity index is 626. The summed E-state index contributed by atoms with van der Waals surface area (Å²) in [7, 11) is 1.44. The number of para-hydroxylation sites is 1. The topological polar surface area (TPSA) is 52.1 Å². The van der Waals surface area contributed by atoms with Gasteiger partial charge in [-0.05, 0) is 31.7 Å². The van der Waals surface area contributed by atoms with Gasteiger partial charge in [0.2, 0.25) is 0 Å². The van der Waals surface area contributed by atoms with Crippen LogP contribution in [0.2, 0.25) is 0 Å². The molecule has 0 amide bonds. The second-order valence-corrected chi connectivity index (χ2v) is 5.49. The van der Waals surface area contributed by atoms with Crippen LogP contribution in [-0.4, -0.2) is 23.0 Å². The molecule has 0 aliphatic rings. The first-order valence-corrected chi connectivity index (χ1v) is 8.06. The van der Waals surface area contributed by atoms with E-state index in [9.17, 15) is 4.79 Å². The molecule has 22 heavy (non-hydrogen) atoms. The summed E-state index contributed by atoms with van der Waals surface area (Å²) < 4.78 is 4.66. The molecule has 0 bridgehead atoms. The van der Waals surface area contributed by atoms with Gasteiger partial charge in [-0.15, -0.1) is 0 Å². The summed E-state index contributed by atoms with van der Waals surface area (Å²) in [4.78, 5) is 20.5. The first-order chi connectivity index (χ1) is 10.7. The van der Waals surface area contributed by atoms with Crippen molar-refractivity contribution >= 4 is 16.9 Å². The van der Waals surface area contributed by atoms with Crippen molar-refractivity contribution in [1.82, 2.24) is 9.97 Å². The Balaban J connectivity index is 2.01. The number of rotatable bonds is 8. The van der Waals surface area contributed by atoms with E-state index < -0.39 is 0 Å². The number of carbonyl (C=O) groups excluding carboxylic acids is 1. The van der Waals surface area contributed by atoms with Crippen LogP contribution in [-0.2, 0) is 22.4 Å². The van der Waals surface area contributed by atoms with Gasteiger partial charge in [0.25, 0.3) is 0 Å². The highest BCUT2D eigenvalue weighted by Crippen LogP contribution is 2.18. The number of methoxy groups -OCH3 is 1. The molecule has 0 radical (unpaired) electrons. The quantitative estimate of drug-likeness (QED) is 0.549. The molecule has 0 saturated carbocycles. The maximum Gasteiger partial charge on any atom is 0.305 e. The number of unbranched alkanes of at least 4 members (excludes halogenated alkanes) is 2. The van der Waals surface area contributed by atoms with E-state index >= 15 is 0 Å². The number of hydrogen-bond acceptors (Lipinski definition) is 4. The van der Waals surface area contributed by atoms with Crippen LogP contribution in [0.1, 0.15) is 50.5 Å². The van der Waals surface area contributed by atoms with Crippen molar-refractivity contribution in [2.75, 3.05) is 7.11 Å². The molecular formula is C18H24N2O2. The molecule has 0 N–H and O–H groups in total. The zero-order chi connectivity index (χ0) is 15.8. The van der Waals surface area contributed by atoms with E-state index in [1.165, 1.54) is 7.11 Å². The van der Waals surface area contributed by atoms with E-state index in [4.69, 9.17) is 4.98 Å². The van der Waals surface area contributed by atoms with E-state index in [2.05, 4.69) is 28.8 Å². The molecule has 2 rings (SSSR count). The smallest absolute Gasteiger partial charge is 0.305 e. The Hall–Kier alpha value is -1.97. The molecule has 1 aromatic carbocycles. The zero-order valence-corrected chi connectivity index (χ0v) is 13.5. The minimum Gasteiger partial charge on any atom is -0.469 e. The lowest BCUT2D eigenvalue weighted by atomic mass is 10.1. The van der Waals surface area contributed by atoms with Gasteiger partial charge in [-0.3, -0.25) is 4.79 Å². The van der Waals surface area contributed by atoms with Crippen LogP contribution in [0.3, 0.4) is 0 Å². The number of benzene rings is 1. The van der Waals surface area contributed by atoms with E-state index in [1.54, 1.807) is 0 Å². The van der Waals surface area contributed by atoms with Crippen molar-refractivity contribution in [3.63, 3.8) is 0 Å². The number of fused-ring (bicyclic) bond motifs is 1. The zero-order valence-electron chi connectivity index (χ0n) is 13.5. The van der Waals surface area contributed by atoms with Gasteiger partial charge >= 0.3 is 5.97 Å². The van der Waals surface area contributed by atoms with Crippen molar-refractivity contribution in [3.8, 4) is 0 Å². The summed E-state index contributed by atoms with van der Waals surface area (Å²) in [6, 6.07) is 8.20. The molecule has 4 nitrogen and oxygen atoms in total. The minimum atomic E-state index is -0.127. The number of aromatic nitrogens is 2. The summed E-state index contributed by atoms with van der Waals surface area (Å²) in [6.45, 7) is 2.14. The fourth-order valence-corrected chi connectivity index (χ4v) is 2.56. The molecule has 118 valence electrons. The molecular weight excluding hydrogens is 276 g/mol. The van der Waals surface area contributed by atoms with Gasteiger partial charge in [-0.2, -0.15) is 0 Å². The molecule has 0 fully saturated rings. The molecule has 0 unspecified atom stereocenters. The lowest BCUT2D eigenvalue weighted by molar-refractivity contribution is -0.140. The molecule has 0 saturated heterocycles. The van der Waals surface area contributed by atoms with E-state index in [1.807, 2.05) is 12.1 Å². The maximum absolute atomic E-state index is 11.1. The third kappa shape index (κ3) is 4.52. The Labute approximate surface area is 131 Å². The van der Waals surface area contributed by atoms with Gasteiger partial charge in [-0.25, -0.2) is 9.97 Å². The molecule has 0 aliphatic carbocycles. The van der Waals surface area contributed by atoms with Gasteiger partial charge < -0.3 is 4.74 Å². The van der Waals surface area contributed by atoms with Gasteiger partial charge in [0.15, 0.2) is 0 Å². The normalized spacial score (nSPS) is 10.8. The summed E-state index contributed by atoms with van der Waals surface area (Å²) in [6.07, 6.45) is 6.32. The SMILES string of the molecule is CCCc1nc(CCCCCC(=O)OC)c2ccccc2n1. The van der Waals surface area contributed by atoms with Gasteiger partial charge in [0, 0.05) is 18.2 Å². The summed E-state index contributed by atoms with van der Waals surface area (Å²) in [5.41, 5.74) is 2.16. The van der Waals surface area contributed by atoms with Gasteiger partial charge in [0.1, 0.15) is 5.82 Å². The minimum absolute atomic E-state index is 0.127. The molecule has 0 spiro atoms. The lowest BCUT2D eigenvalue weighted by Gasteiger charge is -2.08. The highest BCUT2D eigenvalue weighted by atomic mass is 16.5. The van der Waals surface area contributed by atoms with Crippen molar-refractivity contribution in [2.24, 2.45) is 0 Å². The highest BCUT2D eigenvalue weighted by Gasteiger charge is 2.07. The van der Waals surface area contributed by atoms with Crippen molar-refractivity contribution in [2.45, 2.75) is 51.9 Å². The van der Waals surface area contributed by atoms with E-state index in [-0.39, 0.29) is 5.97 Å². The van der Waals surface area contributed by atoms with Crippen molar-refractivity contribution in [1.29, 1.82) is 0 Å². The van der Waals surface area contributed by atoms with Gasteiger partial charge in [-0.1, -0.05) is 31.5 Å². The second kappa shape index (κ2) is 8.47. The van der Waals surface area contributed by atoms with Crippen LogP contribution in [0, 0.1) is 0 Å². The monoisotopic (exact) mass is 300 g/mol. The highest BCUT2D eigenvalue weighted by molar-refractivity contribution is 5.80. The third-order valence-corrected chi connectivity index (χ3v) is 3.72. The Kier molecular flexibility index (Phi) is 6.31. The van der Waals surface area contributed by atoms with Gasteiger partial charge in [0.05, 0.1) is 18.3 Å². The van der Waals surface area contributed by atoms with E-state index in [0.29, 0.717) is 6.42 Å². The molecule has 1 aromatic heterocycles. The number of ether oxygens (including phenoxy) is 1. The summed E-state index contributed by atoms with van der Waals surface area (Å²) in [5, 5.41) is 1.15. The Morgan fingerprint density at radius 3 is 2.68 bits per heavy atom. The third-order valence-electron chi connectivity index (χ3n) is 3.72. The molecule has 2 aromatic rings. The first kappa shape index (κ1) is 16.4. The van der Waals surface area contributed by atoms with Crippen LogP contribution in [0.5, 0.6) is 0 Å². The number of aryl methyl sites for hydroxylation is 2. The fourth-order valence-electron chi connectivity index (χ4n) is 2.56. The van der Waals surface area contributed by atoms with Crippen LogP contribution in [0.15, 0.2) is 24.3 Å². The van der Waals surface area contributed by atoms with Crippen LogP contribution >= 0.6 is 0 Å².